The second kappa shape index (κ2) is 6.27. The summed E-state index contributed by atoms with van der Waals surface area (Å²) in [5, 5.41) is 0. The van der Waals surface area contributed by atoms with E-state index < -0.39 is 10.0 Å². The lowest BCUT2D eigenvalue weighted by molar-refractivity contribution is 0.405. The number of hydrogen-bond acceptors (Lipinski definition) is 3. The number of unbranched alkanes of at least 4 members (excludes halogenated alkanes) is 1. The molecule has 0 radical (unpaired) electrons. The second-order valence-electron chi connectivity index (χ2n) is 3.55. The highest BCUT2D eigenvalue weighted by Gasteiger charge is 2.18. The molecule has 0 unspecified atom stereocenters. The molecule has 0 saturated heterocycles. The maximum absolute atomic E-state index is 11.8. The fraction of sp³-hybridized carbons (Fsp3) is 0.600. The summed E-state index contributed by atoms with van der Waals surface area (Å²) in [7, 11) is -1.64. The minimum absolute atomic E-state index is 0.136. The van der Waals surface area contributed by atoms with E-state index in [4.69, 9.17) is 16.0 Å². The SMILES string of the molecule is CN(Cc1ccco1)S(=O)(=O)CCCCCl. The molecular weight excluding hydrogens is 250 g/mol. The Hall–Kier alpha value is -0.520. The third kappa shape index (κ3) is 4.15. The summed E-state index contributed by atoms with van der Waals surface area (Å²) in [4.78, 5) is 0. The van der Waals surface area contributed by atoms with Gasteiger partial charge in [0.1, 0.15) is 5.76 Å². The van der Waals surface area contributed by atoms with Crippen LogP contribution < -0.4 is 0 Å². The molecule has 0 bridgehead atoms. The number of sulfonamides is 1. The minimum Gasteiger partial charge on any atom is -0.468 e. The Kier molecular flexibility index (Phi) is 5.31. The van der Waals surface area contributed by atoms with E-state index >= 15 is 0 Å². The van der Waals surface area contributed by atoms with Crippen molar-refractivity contribution in [3.05, 3.63) is 24.2 Å². The Labute approximate surface area is 101 Å². The highest BCUT2D eigenvalue weighted by Crippen LogP contribution is 2.09. The zero-order valence-corrected chi connectivity index (χ0v) is 10.8. The molecule has 0 amide bonds. The van der Waals surface area contributed by atoms with Crippen LogP contribution >= 0.6 is 11.6 Å². The quantitative estimate of drug-likeness (QED) is 0.560. The fourth-order valence-corrected chi connectivity index (χ4v) is 2.65. The van der Waals surface area contributed by atoms with Gasteiger partial charge in [0.25, 0.3) is 0 Å². The molecule has 0 aromatic carbocycles. The normalized spacial score (nSPS) is 12.2. The average molecular weight is 266 g/mol. The van der Waals surface area contributed by atoms with Crippen LogP contribution in [0.3, 0.4) is 0 Å². The van der Waals surface area contributed by atoms with Crippen LogP contribution in [0.25, 0.3) is 0 Å². The topological polar surface area (TPSA) is 50.5 Å². The molecule has 92 valence electrons. The van der Waals surface area contributed by atoms with Gasteiger partial charge in [0, 0.05) is 12.9 Å². The number of rotatable bonds is 7. The van der Waals surface area contributed by atoms with E-state index in [0.29, 0.717) is 18.1 Å². The molecule has 1 rings (SSSR count). The van der Waals surface area contributed by atoms with Crippen LogP contribution in [0, 0.1) is 0 Å². The first-order chi connectivity index (χ1) is 7.56. The van der Waals surface area contributed by atoms with Gasteiger partial charge in [-0.3, -0.25) is 0 Å². The summed E-state index contributed by atoms with van der Waals surface area (Å²) >= 11 is 5.50. The maximum atomic E-state index is 11.8. The van der Waals surface area contributed by atoms with Crippen LogP contribution in [0.1, 0.15) is 18.6 Å². The van der Waals surface area contributed by atoms with E-state index in [-0.39, 0.29) is 12.3 Å². The Bertz CT molecular complexity index is 388. The predicted octanol–water partition coefficient (Wildman–Crippen LogP) is 2.06. The largest absolute Gasteiger partial charge is 0.468 e. The molecule has 0 aliphatic heterocycles. The Morgan fingerprint density at radius 1 is 1.44 bits per heavy atom. The summed E-state index contributed by atoms with van der Waals surface area (Å²) in [6.45, 7) is 0.274. The lowest BCUT2D eigenvalue weighted by Gasteiger charge is -2.15. The zero-order valence-electron chi connectivity index (χ0n) is 9.23. The predicted molar refractivity (Wildman–Crippen MR) is 63.9 cm³/mol. The first-order valence-corrected chi connectivity index (χ1v) is 7.23. The summed E-state index contributed by atoms with van der Waals surface area (Å²) in [6, 6.07) is 3.49. The van der Waals surface area contributed by atoms with Crippen LogP contribution in [0.4, 0.5) is 0 Å². The summed E-state index contributed by atoms with van der Waals surface area (Å²) in [6.07, 6.45) is 2.84. The lowest BCUT2D eigenvalue weighted by atomic mass is 10.4. The van der Waals surface area contributed by atoms with Crippen molar-refractivity contribution in [3.63, 3.8) is 0 Å². The van der Waals surface area contributed by atoms with Crippen LogP contribution in [0.15, 0.2) is 22.8 Å². The molecule has 1 aromatic heterocycles. The van der Waals surface area contributed by atoms with Gasteiger partial charge in [-0.2, -0.15) is 4.31 Å². The number of nitrogens with zero attached hydrogens (tertiary/aromatic N) is 1. The van der Waals surface area contributed by atoms with Gasteiger partial charge in [-0.25, -0.2) is 8.42 Å². The summed E-state index contributed by atoms with van der Waals surface area (Å²) in [5.74, 6) is 1.28. The van der Waals surface area contributed by atoms with Crippen molar-refractivity contribution in [2.45, 2.75) is 19.4 Å². The van der Waals surface area contributed by atoms with Crippen molar-refractivity contribution in [3.8, 4) is 0 Å². The highest BCUT2D eigenvalue weighted by atomic mass is 35.5. The summed E-state index contributed by atoms with van der Waals surface area (Å²) in [5.41, 5.74) is 0. The molecule has 0 aliphatic rings. The van der Waals surface area contributed by atoms with E-state index in [1.165, 1.54) is 10.6 Å². The monoisotopic (exact) mass is 265 g/mol. The molecule has 0 aliphatic carbocycles. The van der Waals surface area contributed by atoms with E-state index in [1.807, 2.05) is 0 Å². The van der Waals surface area contributed by atoms with Crippen molar-refractivity contribution < 1.29 is 12.8 Å². The van der Waals surface area contributed by atoms with Crippen molar-refractivity contribution in [2.24, 2.45) is 0 Å². The van der Waals surface area contributed by atoms with Gasteiger partial charge in [0.2, 0.25) is 10.0 Å². The van der Waals surface area contributed by atoms with Gasteiger partial charge in [-0.15, -0.1) is 11.6 Å². The first-order valence-electron chi connectivity index (χ1n) is 5.08. The van der Waals surface area contributed by atoms with E-state index in [2.05, 4.69) is 0 Å². The molecule has 4 nitrogen and oxygen atoms in total. The van der Waals surface area contributed by atoms with Gasteiger partial charge in [-0.05, 0) is 25.0 Å². The molecule has 1 aromatic rings. The van der Waals surface area contributed by atoms with Crippen molar-refractivity contribution in [1.82, 2.24) is 4.31 Å². The third-order valence-electron chi connectivity index (χ3n) is 2.22. The van der Waals surface area contributed by atoms with Crippen LogP contribution in [-0.2, 0) is 16.6 Å². The molecule has 0 saturated carbocycles. The fourth-order valence-electron chi connectivity index (χ4n) is 1.26. The first kappa shape index (κ1) is 13.5. The second-order valence-corrected chi connectivity index (χ2v) is 6.12. The Morgan fingerprint density at radius 3 is 2.75 bits per heavy atom. The maximum Gasteiger partial charge on any atom is 0.214 e. The van der Waals surface area contributed by atoms with Crippen LogP contribution in [-0.4, -0.2) is 31.4 Å². The minimum atomic E-state index is -3.19. The van der Waals surface area contributed by atoms with Gasteiger partial charge < -0.3 is 4.42 Å². The van der Waals surface area contributed by atoms with Gasteiger partial charge in [0.15, 0.2) is 0 Å². The number of alkyl halides is 1. The Morgan fingerprint density at radius 2 is 2.19 bits per heavy atom. The van der Waals surface area contributed by atoms with Gasteiger partial charge in [0.05, 0.1) is 18.6 Å². The molecule has 16 heavy (non-hydrogen) atoms. The zero-order chi connectivity index (χ0) is 12.0. The molecule has 1 heterocycles. The lowest BCUT2D eigenvalue weighted by Crippen LogP contribution is -2.28. The molecule has 0 atom stereocenters. The number of hydrogen-bond donors (Lipinski definition) is 0. The number of halogens is 1. The highest BCUT2D eigenvalue weighted by molar-refractivity contribution is 7.89. The van der Waals surface area contributed by atoms with Crippen LogP contribution in [0.2, 0.25) is 0 Å². The molecule has 6 heteroatoms. The van der Waals surface area contributed by atoms with Crippen molar-refractivity contribution in [1.29, 1.82) is 0 Å². The smallest absolute Gasteiger partial charge is 0.214 e. The molecule has 0 N–H and O–H groups in total. The Balaban J connectivity index is 2.48. The standard InChI is InChI=1S/C10H16ClNO3S/c1-12(9-10-5-4-7-15-10)16(13,14)8-3-2-6-11/h4-5,7H,2-3,6,8-9H2,1H3. The average Bonchev–Trinajstić information content (AvgIpc) is 2.70. The van der Waals surface area contributed by atoms with Gasteiger partial charge >= 0.3 is 0 Å². The van der Waals surface area contributed by atoms with Crippen molar-refractivity contribution >= 4 is 21.6 Å². The van der Waals surface area contributed by atoms with E-state index in [9.17, 15) is 8.42 Å². The van der Waals surface area contributed by atoms with Gasteiger partial charge in [-0.1, -0.05) is 0 Å². The van der Waals surface area contributed by atoms with Crippen molar-refractivity contribution in [2.75, 3.05) is 18.7 Å². The van der Waals surface area contributed by atoms with E-state index in [1.54, 1.807) is 19.2 Å². The molecule has 0 spiro atoms. The summed E-state index contributed by atoms with van der Waals surface area (Å²) < 4.78 is 29.9. The van der Waals surface area contributed by atoms with Crippen LogP contribution in [0.5, 0.6) is 0 Å². The molecule has 0 fully saturated rings. The number of furan rings is 1. The van der Waals surface area contributed by atoms with E-state index in [0.717, 1.165) is 6.42 Å². The molecular formula is C10H16ClNO3S. The third-order valence-corrected chi connectivity index (χ3v) is 4.37.